The van der Waals surface area contributed by atoms with Crippen molar-refractivity contribution in [2.24, 2.45) is 5.92 Å². The summed E-state index contributed by atoms with van der Waals surface area (Å²) < 4.78 is 6.52. The molecule has 2 bridgehead atoms. The van der Waals surface area contributed by atoms with Gasteiger partial charge in [-0.15, -0.1) is 0 Å². The van der Waals surface area contributed by atoms with E-state index in [1.807, 2.05) is 18.2 Å². The van der Waals surface area contributed by atoms with E-state index in [9.17, 15) is 0 Å². The van der Waals surface area contributed by atoms with Gasteiger partial charge in [0.05, 0.1) is 0 Å². The highest BCUT2D eigenvalue weighted by Gasteiger charge is 2.51. The molecule has 0 amide bonds. The molecule has 1 spiro atoms. The Morgan fingerprint density at radius 2 is 1.87 bits per heavy atom. The Morgan fingerprint density at radius 1 is 1.04 bits per heavy atom. The molecular formula is C20H22N2O. The number of fused-ring (bicyclic) bond motifs is 3. The number of piperidine rings is 3. The Morgan fingerprint density at radius 3 is 2.61 bits per heavy atom. The standard InChI is InChI=1S/C20H22N2O/c21-18-3-1-2-14(11-18)15-4-5-19-16(10-15)12-20(23-19)13-22-8-6-17(20)7-9-22/h1-5,10-11,17H,6-9,12-13,21H2. The van der Waals surface area contributed by atoms with E-state index >= 15 is 0 Å². The normalized spacial score (nSPS) is 31.1. The van der Waals surface area contributed by atoms with Gasteiger partial charge in [-0.05, 0) is 66.9 Å². The lowest BCUT2D eigenvalue weighted by Gasteiger charge is -2.50. The maximum atomic E-state index is 6.52. The van der Waals surface area contributed by atoms with Crippen LogP contribution in [0.1, 0.15) is 18.4 Å². The topological polar surface area (TPSA) is 38.5 Å². The molecule has 0 saturated carbocycles. The largest absolute Gasteiger partial charge is 0.485 e. The van der Waals surface area contributed by atoms with Crippen molar-refractivity contribution in [3.63, 3.8) is 0 Å². The van der Waals surface area contributed by atoms with Gasteiger partial charge in [0.25, 0.3) is 0 Å². The van der Waals surface area contributed by atoms with Gasteiger partial charge in [0, 0.05) is 24.6 Å². The summed E-state index contributed by atoms with van der Waals surface area (Å²) in [6, 6.07) is 14.7. The van der Waals surface area contributed by atoms with Crippen LogP contribution in [0, 0.1) is 5.92 Å². The number of nitrogen functional groups attached to an aromatic ring is 1. The minimum Gasteiger partial charge on any atom is -0.485 e. The molecule has 3 fully saturated rings. The third-order valence-electron chi connectivity index (χ3n) is 5.91. The summed E-state index contributed by atoms with van der Waals surface area (Å²) in [6.45, 7) is 3.60. The Hall–Kier alpha value is -2.00. The molecule has 2 aromatic rings. The molecule has 0 radical (unpaired) electrons. The molecule has 1 atom stereocenters. The van der Waals surface area contributed by atoms with Crippen LogP contribution in [0.5, 0.6) is 5.75 Å². The summed E-state index contributed by atoms with van der Waals surface area (Å²) in [4.78, 5) is 2.57. The van der Waals surface area contributed by atoms with Crippen LogP contribution in [0.4, 0.5) is 5.69 Å². The lowest BCUT2D eigenvalue weighted by Crippen LogP contribution is -2.61. The van der Waals surface area contributed by atoms with Crippen molar-refractivity contribution in [3.8, 4) is 16.9 Å². The van der Waals surface area contributed by atoms with E-state index in [-0.39, 0.29) is 5.60 Å². The molecule has 4 aliphatic heterocycles. The van der Waals surface area contributed by atoms with Gasteiger partial charge in [0.15, 0.2) is 0 Å². The van der Waals surface area contributed by atoms with Crippen LogP contribution < -0.4 is 10.5 Å². The Kier molecular flexibility index (Phi) is 2.77. The zero-order valence-electron chi connectivity index (χ0n) is 13.3. The fraction of sp³-hybridized carbons (Fsp3) is 0.400. The summed E-state index contributed by atoms with van der Waals surface area (Å²) in [6.07, 6.45) is 3.63. The number of benzene rings is 2. The van der Waals surface area contributed by atoms with Crippen molar-refractivity contribution in [2.45, 2.75) is 24.9 Å². The molecule has 3 saturated heterocycles. The Balaban J connectivity index is 1.49. The number of ether oxygens (including phenoxy) is 1. The molecule has 4 heterocycles. The third-order valence-corrected chi connectivity index (χ3v) is 5.91. The quantitative estimate of drug-likeness (QED) is 0.821. The predicted octanol–water partition coefficient (Wildman–Crippen LogP) is 3.34. The van der Waals surface area contributed by atoms with Crippen LogP contribution in [-0.4, -0.2) is 30.1 Å². The van der Waals surface area contributed by atoms with E-state index in [1.54, 1.807) is 0 Å². The van der Waals surface area contributed by atoms with Crippen LogP contribution in [0.3, 0.4) is 0 Å². The smallest absolute Gasteiger partial charge is 0.129 e. The van der Waals surface area contributed by atoms with Crippen LogP contribution in [0.15, 0.2) is 42.5 Å². The lowest BCUT2D eigenvalue weighted by atomic mass is 9.73. The fourth-order valence-electron chi connectivity index (χ4n) is 4.73. The average molecular weight is 306 g/mol. The Labute approximate surface area is 137 Å². The van der Waals surface area contributed by atoms with Gasteiger partial charge in [-0.3, -0.25) is 4.90 Å². The van der Waals surface area contributed by atoms with Crippen molar-refractivity contribution in [2.75, 3.05) is 25.4 Å². The molecule has 118 valence electrons. The molecule has 3 heteroatoms. The highest BCUT2D eigenvalue weighted by Crippen LogP contribution is 2.47. The van der Waals surface area contributed by atoms with Crippen LogP contribution in [0.25, 0.3) is 11.1 Å². The van der Waals surface area contributed by atoms with E-state index in [0.717, 1.165) is 30.3 Å². The first-order chi connectivity index (χ1) is 11.2. The second-order valence-corrected chi connectivity index (χ2v) is 7.34. The van der Waals surface area contributed by atoms with Gasteiger partial charge in [-0.2, -0.15) is 0 Å². The van der Waals surface area contributed by atoms with Crippen molar-refractivity contribution in [1.29, 1.82) is 0 Å². The molecule has 6 rings (SSSR count). The first-order valence-electron chi connectivity index (χ1n) is 8.62. The van der Waals surface area contributed by atoms with Gasteiger partial charge in [0.2, 0.25) is 0 Å². The number of anilines is 1. The molecule has 1 unspecified atom stereocenters. The van der Waals surface area contributed by atoms with Crippen molar-refractivity contribution >= 4 is 5.69 Å². The second kappa shape index (κ2) is 4.75. The molecule has 0 aliphatic carbocycles. The zero-order valence-corrected chi connectivity index (χ0v) is 13.3. The SMILES string of the molecule is Nc1cccc(-c2ccc3c(c2)CC2(CN4CCC2CC4)O3)c1. The van der Waals surface area contributed by atoms with Crippen molar-refractivity contribution in [3.05, 3.63) is 48.0 Å². The van der Waals surface area contributed by atoms with Crippen LogP contribution in [-0.2, 0) is 6.42 Å². The van der Waals surface area contributed by atoms with Gasteiger partial charge < -0.3 is 10.5 Å². The maximum absolute atomic E-state index is 6.52. The average Bonchev–Trinajstić information content (AvgIpc) is 2.92. The summed E-state index contributed by atoms with van der Waals surface area (Å²) in [7, 11) is 0. The minimum atomic E-state index is 0.0349. The first kappa shape index (κ1) is 13.4. The molecular weight excluding hydrogens is 284 g/mol. The Bertz CT molecular complexity index is 764. The molecule has 2 aromatic carbocycles. The lowest BCUT2D eigenvalue weighted by molar-refractivity contribution is -0.0798. The van der Waals surface area contributed by atoms with Gasteiger partial charge >= 0.3 is 0 Å². The summed E-state index contributed by atoms with van der Waals surface area (Å²) in [5.74, 6) is 1.81. The maximum Gasteiger partial charge on any atom is 0.129 e. The van der Waals surface area contributed by atoms with Crippen molar-refractivity contribution in [1.82, 2.24) is 4.90 Å². The minimum absolute atomic E-state index is 0.0349. The van der Waals surface area contributed by atoms with Gasteiger partial charge in [-0.1, -0.05) is 18.2 Å². The van der Waals surface area contributed by atoms with Crippen LogP contribution >= 0.6 is 0 Å². The zero-order chi connectivity index (χ0) is 15.4. The van der Waals surface area contributed by atoms with E-state index in [0.29, 0.717) is 0 Å². The van der Waals surface area contributed by atoms with E-state index in [4.69, 9.17) is 10.5 Å². The van der Waals surface area contributed by atoms with Gasteiger partial charge in [-0.25, -0.2) is 0 Å². The predicted molar refractivity (Wildman–Crippen MR) is 92.5 cm³/mol. The van der Waals surface area contributed by atoms with Crippen molar-refractivity contribution < 1.29 is 4.74 Å². The molecule has 4 aliphatic rings. The molecule has 0 aromatic heterocycles. The number of nitrogens with zero attached hydrogens (tertiary/aromatic N) is 1. The summed E-state index contributed by atoms with van der Waals surface area (Å²) >= 11 is 0. The fourth-order valence-corrected chi connectivity index (χ4v) is 4.73. The van der Waals surface area contributed by atoms with Crippen LogP contribution in [0.2, 0.25) is 0 Å². The van der Waals surface area contributed by atoms with E-state index < -0.39 is 0 Å². The van der Waals surface area contributed by atoms with Gasteiger partial charge in [0.1, 0.15) is 11.4 Å². The second-order valence-electron chi connectivity index (χ2n) is 7.34. The highest BCUT2D eigenvalue weighted by molar-refractivity contribution is 5.69. The monoisotopic (exact) mass is 306 g/mol. The number of hydrogen-bond donors (Lipinski definition) is 1. The number of nitrogens with two attached hydrogens (primary N) is 1. The molecule has 23 heavy (non-hydrogen) atoms. The summed E-state index contributed by atoms with van der Waals surface area (Å²) in [5.41, 5.74) is 10.6. The summed E-state index contributed by atoms with van der Waals surface area (Å²) in [5, 5.41) is 0. The molecule has 3 nitrogen and oxygen atoms in total. The van der Waals surface area contributed by atoms with E-state index in [1.165, 1.54) is 42.6 Å². The number of rotatable bonds is 1. The highest BCUT2D eigenvalue weighted by atomic mass is 16.5. The number of hydrogen-bond acceptors (Lipinski definition) is 3. The third kappa shape index (κ3) is 2.07. The van der Waals surface area contributed by atoms with E-state index in [2.05, 4.69) is 29.2 Å². The molecule has 2 N–H and O–H groups in total. The first-order valence-corrected chi connectivity index (χ1v) is 8.62.